The highest BCUT2D eigenvalue weighted by Crippen LogP contribution is 2.24. The van der Waals surface area contributed by atoms with E-state index in [1.54, 1.807) is 12.1 Å². The van der Waals surface area contributed by atoms with Gasteiger partial charge in [0, 0.05) is 12.0 Å². The van der Waals surface area contributed by atoms with Gasteiger partial charge in [-0.05, 0) is 36.1 Å². The lowest BCUT2D eigenvalue weighted by molar-refractivity contribution is -0.137. The molecule has 0 saturated carbocycles. The zero-order chi connectivity index (χ0) is 13.7. The maximum Gasteiger partial charge on any atom is 0.303 e. The van der Waals surface area contributed by atoms with Gasteiger partial charge in [0.25, 0.3) is 0 Å². The molecule has 2 aromatic carbocycles. The summed E-state index contributed by atoms with van der Waals surface area (Å²) in [5.74, 6) is -1.06. The van der Waals surface area contributed by atoms with Crippen LogP contribution in [0.1, 0.15) is 18.4 Å². The van der Waals surface area contributed by atoms with Crippen molar-refractivity contribution in [2.24, 2.45) is 0 Å². The van der Waals surface area contributed by atoms with Gasteiger partial charge in [-0.15, -0.1) is 0 Å². The van der Waals surface area contributed by atoms with Gasteiger partial charge in [-0.1, -0.05) is 36.4 Å². The molecule has 19 heavy (non-hydrogen) atoms. The van der Waals surface area contributed by atoms with Gasteiger partial charge in [-0.3, -0.25) is 4.79 Å². The van der Waals surface area contributed by atoms with Crippen LogP contribution in [0.2, 0.25) is 0 Å². The average molecular weight is 258 g/mol. The van der Waals surface area contributed by atoms with Gasteiger partial charge in [-0.2, -0.15) is 0 Å². The molecule has 0 saturated heterocycles. The van der Waals surface area contributed by atoms with Crippen LogP contribution in [0.25, 0.3) is 11.1 Å². The van der Waals surface area contributed by atoms with E-state index in [9.17, 15) is 9.18 Å². The molecule has 2 aromatic rings. The van der Waals surface area contributed by atoms with E-state index in [2.05, 4.69) is 0 Å². The Morgan fingerprint density at radius 1 is 1.11 bits per heavy atom. The van der Waals surface area contributed by atoms with Crippen molar-refractivity contribution in [2.45, 2.75) is 19.3 Å². The molecule has 0 aliphatic rings. The number of rotatable bonds is 5. The second kappa shape index (κ2) is 6.14. The van der Waals surface area contributed by atoms with Gasteiger partial charge >= 0.3 is 5.97 Å². The molecule has 3 heteroatoms. The van der Waals surface area contributed by atoms with Gasteiger partial charge in [0.15, 0.2) is 0 Å². The zero-order valence-electron chi connectivity index (χ0n) is 10.5. The normalized spacial score (nSPS) is 10.4. The number of aliphatic carboxylic acids is 1. The van der Waals surface area contributed by atoms with Crippen LogP contribution in [0, 0.1) is 5.82 Å². The second-order valence-corrected chi connectivity index (χ2v) is 4.43. The van der Waals surface area contributed by atoms with E-state index >= 15 is 0 Å². The summed E-state index contributed by atoms with van der Waals surface area (Å²) in [5.41, 5.74) is 2.36. The fourth-order valence-electron chi connectivity index (χ4n) is 2.01. The maximum atomic E-state index is 13.8. The molecule has 0 aliphatic carbocycles. The summed E-state index contributed by atoms with van der Waals surface area (Å²) in [4.78, 5) is 10.5. The standard InChI is InChI=1S/C16H15FO2/c17-15-10-9-12(5-4-8-16(18)19)11-14(15)13-6-2-1-3-7-13/h1-3,6-7,9-11H,4-5,8H2,(H,18,19). The highest BCUT2D eigenvalue weighted by molar-refractivity contribution is 5.67. The summed E-state index contributed by atoms with van der Waals surface area (Å²) in [7, 11) is 0. The van der Waals surface area contributed by atoms with Crippen molar-refractivity contribution >= 4 is 5.97 Å². The molecule has 1 N–H and O–H groups in total. The summed E-state index contributed by atoms with van der Waals surface area (Å²) in [6.07, 6.45) is 1.35. The fraction of sp³-hybridized carbons (Fsp3) is 0.188. The zero-order valence-corrected chi connectivity index (χ0v) is 10.5. The lowest BCUT2D eigenvalue weighted by atomic mass is 10.00. The third-order valence-corrected chi connectivity index (χ3v) is 2.97. The van der Waals surface area contributed by atoms with Crippen LogP contribution in [-0.4, -0.2) is 11.1 Å². The number of carbonyl (C=O) groups is 1. The third kappa shape index (κ3) is 3.65. The van der Waals surface area contributed by atoms with Gasteiger partial charge in [0.05, 0.1) is 0 Å². The molecule has 0 amide bonds. The topological polar surface area (TPSA) is 37.3 Å². The van der Waals surface area contributed by atoms with Crippen LogP contribution in [-0.2, 0) is 11.2 Å². The number of hydrogen-bond donors (Lipinski definition) is 1. The molecule has 0 unspecified atom stereocenters. The minimum atomic E-state index is -0.801. The first kappa shape index (κ1) is 13.3. The minimum Gasteiger partial charge on any atom is -0.481 e. The first-order valence-corrected chi connectivity index (χ1v) is 6.22. The van der Waals surface area contributed by atoms with E-state index in [0.29, 0.717) is 18.4 Å². The van der Waals surface area contributed by atoms with Crippen molar-refractivity contribution in [3.63, 3.8) is 0 Å². The number of aryl methyl sites for hydroxylation is 1. The van der Waals surface area contributed by atoms with Crippen LogP contribution in [0.3, 0.4) is 0 Å². The first-order valence-electron chi connectivity index (χ1n) is 6.22. The predicted molar refractivity (Wildman–Crippen MR) is 72.4 cm³/mol. The maximum absolute atomic E-state index is 13.8. The predicted octanol–water partition coefficient (Wildman–Crippen LogP) is 3.90. The molecule has 0 fully saturated rings. The minimum absolute atomic E-state index is 0.137. The Morgan fingerprint density at radius 3 is 2.53 bits per heavy atom. The molecule has 2 nitrogen and oxygen atoms in total. The largest absolute Gasteiger partial charge is 0.481 e. The molecular formula is C16H15FO2. The van der Waals surface area contributed by atoms with Crippen molar-refractivity contribution < 1.29 is 14.3 Å². The SMILES string of the molecule is O=C(O)CCCc1ccc(F)c(-c2ccccc2)c1. The molecule has 0 radical (unpaired) electrons. The number of hydrogen-bond acceptors (Lipinski definition) is 1. The lowest BCUT2D eigenvalue weighted by Gasteiger charge is -2.07. The van der Waals surface area contributed by atoms with Crippen LogP contribution >= 0.6 is 0 Å². The molecule has 0 aromatic heterocycles. The monoisotopic (exact) mass is 258 g/mol. The smallest absolute Gasteiger partial charge is 0.303 e. The Bertz CT molecular complexity index is 564. The molecular weight excluding hydrogens is 243 g/mol. The van der Waals surface area contributed by atoms with E-state index in [0.717, 1.165) is 11.1 Å². The van der Waals surface area contributed by atoms with Crippen molar-refractivity contribution in [3.8, 4) is 11.1 Å². The molecule has 98 valence electrons. The summed E-state index contributed by atoms with van der Waals surface area (Å²) in [6, 6.07) is 14.3. The second-order valence-electron chi connectivity index (χ2n) is 4.43. The fourth-order valence-corrected chi connectivity index (χ4v) is 2.01. The van der Waals surface area contributed by atoms with Gasteiger partial charge in [0.1, 0.15) is 5.82 Å². The lowest BCUT2D eigenvalue weighted by Crippen LogP contribution is -1.96. The van der Waals surface area contributed by atoms with Crippen LogP contribution < -0.4 is 0 Å². The Balaban J connectivity index is 2.18. The van der Waals surface area contributed by atoms with Crippen LogP contribution in [0.5, 0.6) is 0 Å². The summed E-state index contributed by atoms with van der Waals surface area (Å²) in [5, 5.41) is 8.61. The summed E-state index contributed by atoms with van der Waals surface area (Å²) in [6.45, 7) is 0. The van der Waals surface area contributed by atoms with Crippen molar-refractivity contribution in [1.29, 1.82) is 0 Å². The number of halogens is 1. The Kier molecular flexibility index (Phi) is 4.29. The van der Waals surface area contributed by atoms with E-state index in [1.165, 1.54) is 6.07 Å². The molecule has 0 heterocycles. The number of benzene rings is 2. The van der Waals surface area contributed by atoms with Crippen molar-refractivity contribution in [3.05, 3.63) is 59.9 Å². The Labute approximate surface area is 111 Å². The molecule has 2 rings (SSSR count). The molecule has 0 bridgehead atoms. The third-order valence-electron chi connectivity index (χ3n) is 2.97. The van der Waals surface area contributed by atoms with E-state index in [1.807, 2.05) is 30.3 Å². The number of carboxylic acid groups (broad SMARTS) is 1. The van der Waals surface area contributed by atoms with Crippen LogP contribution in [0.15, 0.2) is 48.5 Å². The van der Waals surface area contributed by atoms with E-state index < -0.39 is 5.97 Å². The van der Waals surface area contributed by atoms with Gasteiger partial charge in [0.2, 0.25) is 0 Å². The highest BCUT2D eigenvalue weighted by atomic mass is 19.1. The molecule has 0 atom stereocenters. The Morgan fingerprint density at radius 2 is 1.84 bits per heavy atom. The molecule has 0 aliphatic heterocycles. The van der Waals surface area contributed by atoms with Crippen LogP contribution in [0.4, 0.5) is 4.39 Å². The number of carboxylic acids is 1. The van der Waals surface area contributed by atoms with E-state index in [4.69, 9.17) is 5.11 Å². The average Bonchev–Trinajstić information content (AvgIpc) is 2.41. The first-order chi connectivity index (χ1) is 9.16. The highest BCUT2D eigenvalue weighted by Gasteiger charge is 2.06. The quantitative estimate of drug-likeness (QED) is 0.883. The van der Waals surface area contributed by atoms with Crippen molar-refractivity contribution in [1.82, 2.24) is 0 Å². The summed E-state index contributed by atoms with van der Waals surface area (Å²) < 4.78 is 13.8. The van der Waals surface area contributed by atoms with Gasteiger partial charge < -0.3 is 5.11 Å². The molecule has 0 spiro atoms. The summed E-state index contributed by atoms with van der Waals surface area (Å²) >= 11 is 0. The van der Waals surface area contributed by atoms with Gasteiger partial charge in [-0.25, -0.2) is 4.39 Å². The van der Waals surface area contributed by atoms with Crippen molar-refractivity contribution in [2.75, 3.05) is 0 Å². The van der Waals surface area contributed by atoms with E-state index in [-0.39, 0.29) is 12.2 Å². The Hall–Kier alpha value is -2.16.